The Kier molecular flexibility index (Phi) is 4.90. The van der Waals surface area contributed by atoms with Crippen LogP contribution in [0.25, 0.3) is 5.69 Å². The van der Waals surface area contributed by atoms with Gasteiger partial charge in [-0.15, -0.1) is 15.3 Å². The third kappa shape index (κ3) is 3.65. The molecular weight excluding hydrogens is 374 g/mol. The molecule has 0 fully saturated rings. The number of hydrogen-bond donors (Lipinski definition) is 1. The number of anilines is 1. The van der Waals surface area contributed by atoms with Crippen LogP contribution in [0.15, 0.2) is 48.8 Å². The van der Waals surface area contributed by atoms with Crippen molar-refractivity contribution in [3.05, 3.63) is 76.1 Å². The number of benzene rings is 2. The molecule has 2 aromatic carbocycles. The van der Waals surface area contributed by atoms with E-state index in [-0.39, 0.29) is 5.91 Å². The van der Waals surface area contributed by atoms with Gasteiger partial charge < -0.3 is 0 Å². The van der Waals surface area contributed by atoms with Crippen LogP contribution in [-0.4, -0.2) is 36.3 Å². The van der Waals surface area contributed by atoms with Crippen molar-refractivity contribution < 1.29 is 4.79 Å². The molecule has 9 heteroatoms. The fourth-order valence-electron chi connectivity index (χ4n) is 2.85. The lowest BCUT2D eigenvalue weighted by Gasteiger charge is -2.13. The van der Waals surface area contributed by atoms with Crippen LogP contribution in [-0.2, 0) is 6.42 Å². The van der Waals surface area contributed by atoms with Gasteiger partial charge in [0.15, 0.2) is 0 Å². The summed E-state index contributed by atoms with van der Waals surface area (Å²) < 4.78 is 1.50. The Labute approximate surface area is 165 Å². The van der Waals surface area contributed by atoms with Gasteiger partial charge in [0.05, 0.1) is 11.3 Å². The number of tetrazole rings is 1. The van der Waals surface area contributed by atoms with E-state index < -0.39 is 0 Å². The number of aromatic nitrogens is 6. The molecule has 0 saturated heterocycles. The maximum Gasteiger partial charge on any atom is 0.259 e. The fourth-order valence-corrected chi connectivity index (χ4v) is 3.62. The minimum Gasteiger partial charge on any atom is -0.296 e. The first-order valence-corrected chi connectivity index (χ1v) is 9.44. The molecule has 8 nitrogen and oxygen atoms in total. The van der Waals surface area contributed by atoms with Crippen molar-refractivity contribution in [2.24, 2.45) is 0 Å². The van der Waals surface area contributed by atoms with Crippen LogP contribution in [0.5, 0.6) is 0 Å². The molecular formula is C19H17N7OS. The molecule has 0 unspecified atom stereocenters. The molecule has 1 N–H and O–H groups in total. The molecule has 0 aliphatic heterocycles. The third-order valence-electron chi connectivity index (χ3n) is 4.41. The van der Waals surface area contributed by atoms with Gasteiger partial charge in [-0.1, -0.05) is 47.7 Å². The normalized spacial score (nSPS) is 10.8. The first-order chi connectivity index (χ1) is 13.6. The molecule has 2 heterocycles. The zero-order valence-corrected chi connectivity index (χ0v) is 16.1. The van der Waals surface area contributed by atoms with Gasteiger partial charge in [0.25, 0.3) is 5.91 Å². The van der Waals surface area contributed by atoms with Crippen LogP contribution in [0.2, 0.25) is 0 Å². The lowest BCUT2D eigenvalue weighted by atomic mass is 10.0. The summed E-state index contributed by atoms with van der Waals surface area (Å²) in [5.74, 6) is -0.281. The predicted octanol–water partition coefficient (Wildman–Crippen LogP) is 2.97. The van der Waals surface area contributed by atoms with Crippen molar-refractivity contribution >= 4 is 22.4 Å². The van der Waals surface area contributed by atoms with Gasteiger partial charge in [-0.05, 0) is 47.0 Å². The maximum absolute atomic E-state index is 12.9. The summed E-state index contributed by atoms with van der Waals surface area (Å²) >= 11 is 1.36. The zero-order chi connectivity index (χ0) is 19.5. The van der Waals surface area contributed by atoms with E-state index in [1.165, 1.54) is 22.3 Å². The summed E-state index contributed by atoms with van der Waals surface area (Å²) in [6.45, 7) is 3.91. The second-order valence-electron chi connectivity index (χ2n) is 6.28. The van der Waals surface area contributed by atoms with Gasteiger partial charge in [-0.2, -0.15) is 4.68 Å². The van der Waals surface area contributed by atoms with E-state index in [1.54, 1.807) is 6.07 Å². The number of amides is 1. The Morgan fingerprint density at radius 1 is 1.11 bits per heavy atom. The topological polar surface area (TPSA) is 98.5 Å². The van der Waals surface area contributed by atoms with E-state index in [0.29, 0.717) is 22.8 Å². The van der Waals surface area contributed by atoms with Crippen molar-refractivity contribution in [2.75, 3.05) is 5.32 Å². The summed E-state index contributed by atoms with van der Waals surface area (Å²) in [6.07, 6.45) is 2.15. The van der Waals surface area contributed by atoms with Gasteiger partial charge >= 0.3 is 0 Å². The molecule has 0 spiro atoms. The van der Waals surface area contributed by atoms with Crippen molar-refractivity contribution in [3.63, 3.8) is 0 Å². The number of aryl methyl sites for hydroxylation is 1. The Balaban J connectivity index is 1.57. The lowest BCUT2D eigenvalue weighted by Crippen LogP contribution is -2.16. The maximum atomic E-state index is 12.9. The number of nitrogens with zero attached hydrogens (tertiary/aromatic N) is 6. The van der Waals surface area contributed by atoms with Gasteiger partial charge in [0, 0.05) is 6.42 Å². The second-order valence-corrected chi connectivity index (χ2v) is 7.34. The van der Waals surface area contributed by atoms with Crippen molar-refractivity contribution in [3.8, 4) is 5.69 Å². The predicted molar refractivity (Wildman–Crippen MR) is 106 cm³/mol. The Hall–Kier alpha value is -3.46. The van der Waals surface area contributed by atoms with Crippen LogP contribution in [0, 0.1) is 13.8 Å². The average molecular weight is 391 g/mol. The lowest BCUT2D eigenvalue weighted by molar-refractivity contribution is 0.102. The number of carbonyl (C=O) groups excluding carboxylic acids is 1. The highest BCUT2D eigenvalue weighted by Gasteiger charge is 2.19. The summed E-state index contributed by atoms with van der Waals surface area (Å²) in [4.78, 5) is 12.9. The fraction of sp³-hybridized carbons (Fsp3) is 0.158. The van der Waals surface area contributed by atoms with E-state index in [2.05, 4.69) is 31.0 Å². The van der Waals surface area contributed by atoms with Crippen molar-refractivity contribution in [1.29, 1.82) is 0 Å². The number of rotatable bonds is 5. The first-order valence-electron chi connectivity index (χ1n) is 8.63. The summed E-state index contributed by atoms with van der Waals surface area (Å²) in [5.41, 5.74) is 4.24. The number of carbonyl (C=O) groups is 1. The molecule has 2 aromatic heterocycles. The summed E-state index contributed by atoms with van der Waals surface area (Å²) in [6, 6.07) is 13.7. The number of hydrogen-bond acceptors (Lipinski definition) is 7. The van der Waals surface area contributed by atoms with Gasteiger partial charge in [0.1, 0.15) is 11.3 Å². The summed E-state index contributed by atoms with van der Waals surface area (Å²) in [7, 11) is 0. The Bertz CT molecular complexity index is 1110. The van der Waals surface area contributed by atoms with Crippen molar-refractivity contribution in [1.82, 2.24) is 30.4 Å². The smallest absolute Gasteiger partial charge is 0.259 e. The molecule has 0 saturated carbocycles. The first kappa shape index (κ1) is 17.9. The van der Waals surface area contributed by atoms with E-state index in [1.807, 2.05) is 50.2 Å². The van der Waals surface area contributed by atoms with Crippen LogP contribution in [0.1, 0.15) is 32.1 Å². The minimum absolute atomic E-state index is 0.281. The third-order valence-corrected chi connectivity index (χ3v) is 5.25. The highest BCUT2D eigenvalue weighted by molar-refractivity contribution is 7.15. The van der Waals surface area contributed by atoms with Crippen LogP contribution in [0.4, 0.5) is 5.13 Å². The van der Waals surface area contributed by atoms with E-state index in [4.69, 9.17) is 0 Å². The highest BCUT2D eigenvalue weighted by atomic mass is 32.1. The largest absolute Gasteiger partial charge is 0.296 e. The van der Waals surface area contributed by atoms with Crippen LogP contribution >= 0.6 is 11.3 Å². The highest BCUT2D eigenvalue weighted by Crippen LogP contribution is 2.24. The molecule has 0 aliphatic rings. The quantitative estimate of drug-likeness (QED) is 0.562. The number of nitrogens with one attached hydrogen (secondary N) is 1. The standard InChI is InChI=1S/C19H17N7OS/c1-12-8-9-15(17(13(12)2)26-11-20-24-25-26)18(27)21-19-23-22-16(28-19)10-14-6-4-3-5-7-14/h3-9,11H,10H2,1-2H3,(H,21,23,27). The minimum atomic E-state index is -0.281. The average Bonchev–Trinajstić information content (AvgIpc) is 3.37. The second kappa shape index (κ2) is 7.65. The van der Waals surface area contributed by atoms with E-state index >= 15 is 0 Å². The zero-order valence-electron chi connectivity index (χ0n) is 15.3. The van der Waals surface area contributed by atoms with Crippen LogP contribution in [0.3, 0.4) is 0 Å². The van der Waals surface area contributed by atoms with E-state index in [0.717, 1.165) is 21.7 Å². The molecule has 0 aliphatic carbocycles. The molecule has 0 radical (unpaired) electrons. The van der Waals surface area contributed by atoms with Crippen molar-refractivity contribution in [2.45, 2.75) is 20.3 Å². The summed E-state index contributed by atoms with van der Waals surface area (Å²) in [5, 5.41) is 23.7. The van der Waals surface area contributed by atoms with E-state index in [9.17, 15) is 4.79 Å². The molecule has 1 amide bonds. The van der Waals surface area contributed by atoms with Crippen LogP contribution < -0.4 is 5.32 Å². The van der Waals surface area contributed by atoms with Gasteiger partial charge in [0.2, 0.25) is 5.13 Å². The Morgan fingerprint density at radius 2 is 1.93 bits per heavy atom. The molecule has 140 valence electrons. The molecule has 0 atom stereocenters. The molecule has 0 bridgehead atoms. The molecule has 28 heavy (non-hydrogen) atoms. The SMILES string of the molecule is Cc1ccc(C(=O)Nc2nnc(Cc3ccccc3)s2)c(-n2cnnn2)c1C. The monoisotopic (exact) mass is 391 g/mol. The molecule has 4 aromatic rings. The molecule has 4 rings (SSSR count). The van der Waals surface area contributed by atoms with Gasteiger partial charge in [-0.3, -0.25) is 10.1 Å². The Morgan fingerprint density at radius 3 is 2.68 bits per heavy atom. The van der Waals surface area contributed by atoms with Gasteiger partial charge in [-0.25, -0.2) is 0 Å².